The van der Waals surface area contributed by atoms with Gasteiger partial charge in [0.2, 0.25) is 0 Å². The van der Waals surface area contributed by atoms with Gasteiger partial charge >= 0.3 is 5.97 Å². The number of ketones is 1. The highest BCUT2D eigenvalue weighted by atomic mass is 16.5. The standard InChI is InChI=1S/C20H14O3/c21-19(15-8-3-1-4-9-15)16-10-7-11-17(14-16)20(22)23-18-12-5-2-6-13-18/h1-14H. The fourth-order valence-corrected chi connectivity index (χ4v) is 2.20. The summed E-state index contributed by atoms with van der Waals surface area (Å²) in [7, 11) is 0. The van der Waals surface area contributed by atoms with Crippen LogP contribution in [-0.4, -0.2) is 11.8 Å². The Morgan fingerprint density at radius 2 is 1.17 bits per heavy atom. The van der Waals surface area contributed by atoms with Crippen LogP contribution in [0.15, 0.2) is 84.9 Å². The van der Waals surface area contributed by atoms with Crippen LogP contribution in [0.25, 0.3) is 0 Å². The zero-order chi connectivity index (χ0) is 16.1. The second kappa shape index (κ2) is 6.71. The third-order valence-electron chi connectivity index (χ3n) is 3.35. The molecular formula is C20H14O3. The van der Waals surface area contributed by atoms with Crippen molar-refractivity contribution in [3.8, 4) is 5.75 Å². The molecular weight excluding hydrogens is 288 g/mol. The Balaban J connectivity index is 1.82. The van der Waals surface area contributed by atoms with Gasteiger partial charge in [0.25, 0.3) is 0 Å². The average molecular weight is 302 g/mol. The van der Waals surface area contributed by atoms with Gasteiger partial charge in [-0.2, -0.15) is 0 Å². The summed E-state index contributed by atoms with van der Waals surface area (Å²) in [6.45, 7) is 0. The Bertz CT molecular complexity index is 824. The summed E-state index contributed by atoms with van der Waals surface area (Å²) in [6, 6.07) is 24.3. The van der Waals surface area contributed by atoms with E-state index in [2.05, 4.69) is 0 Å². The van der Waals surface area contributed by atoms with Crippen molar-refractivity contribution in [2.45, 2.75) is 0 Å². The van der Waals surface area contributed by atoms with Gasteiger partial charge in [0.05, 0.1) is 5.56 Å². The van der Waals surface area contributed by atoms with Crippen molar-refractivity contribution in [2.24, 2.45) is 0 Å². The highest BCUT2D eigenvalue weighted by Crippen LogP contribution is 2.15. The van der Waals surface area contributed by atoms with Gasteiger partial charge in [-0.25, -0.2) is 4.79 Å². The summed E-state index contributed by atoms with van der Waals surface area (Å²) in [4.78, 5) is 24.6. The molecule has 0 saturated carbocycles. The zero-order valence-corrected chi connectivity index (χ0v) is 12.3. The Hall–Kier alpha value is -3.20. The van der Waals surface area contributed by atoms with Crippen molar-refractivity contribution in [3.63, 3.8) is 0 Å². The number of rotatable bonds is 4. The molecule has 0 fully saturated rings. The summed E-state index contributed by atoms with van der Waals surface area (Å²) in [5, 5.41) is 0. The molecule has 0 aromatic heterocycles. The van der Waals surface area contributed by atoms with E-state index in [9.17, 15) is 9.59 Å². The first kappa shape index (κ1) is 14.7. The molecule has 3 nitrogen and oxygen atoms in total. The van der Waals surface area contributed by atoms with E-state index < -0.39 is 5.97 Å². The summed E-state index contributed by atoms with van der Waals surface area (Å²) >= 11 is 0. The molecule has 0 spiro atoms. The SMILES string of the molecule is O=C(Oc1ccccc1)c1cccc(C(=O)c2ccccc2)c1. The maximum absolute atomic E-state index is 12.4. The van der Waals surface area contributed by atoms with Gasteiger partial charge in [0, 0.05) is 11.1 Å². The van der Waals surface area contributed by atoms with Crippen molar-refractivity contribution in [2.75, 3.05) is 0 Å². The van der Waals surface area contributed by atoms with Crippen LogP contribution < -0.4 is 4.74 Å². The van der Waals surface area contributed by atoms with E-state index in [1.54, 1.807) is 72.8 Å². The fourth-order valence-electron chi connectivity index (χ4n) is 2.20. The van der Waals surface area contributed by atoms with Gasteiger partial charge in [-0.05, 0) is 24.3 Å². The predicted molar refractivity (Wildman–Crippen MR) is 87.7 cm³/mol. The van der Waals surface area contributed by atoms with Crippen molar-refractivity contribution >= 4 is 11.8 Å². The smallest absolute Gasteiger partial charge is 0.343 e. The number of carbonyl (C=O) groups excluding carboxylic acids is 2. The molecule has 0 bridgehead atoms. The van der Waals surface area contributed by atoms with Crippen LogP contribution in [0.1, 0.15) is 26.3 Å². The van der Waals surface area contributed by atoms with E-state index in [4.69, 9.17) is 4.74 Å². The molecule has 3 aromatic rings. The van der Waals surface area contributed by atoms with E-state index in [1.165, 1.54) is 0 Å². The monoisotopic (exact) mass is 302 g/mol. The first-order chi connectivity index (χ1) is 11.2. The number of ether oxygens (including phenoxy) is 1. The lowest BCUT2D eigenvalue weighted by Crippen LogP contribution is -2.10. The molecule has 0 aliphatic rings. The molecule has 0 amide bonds. The molecule has 0 saturated heterocycles. The minimum absolute atomic E-state index is 0.125. The molecule has 0 aliphatic heterocycles. The molecule has 3 rings (SSSR count). The molecule has 0 radical (unpaired) electrons. The van der Waals surface area contributed by atoms with Gasteiger partial charge in [-0.1, -0.05) is 60.7 Å². The van der Waals surface area contributed by atoms with Gasteiger partial charge in [-0.15, -0.1) is 0 Å². The van der Waals surface area contributed by atoms with Crippen molar-refractivity contribution < 1.29 is 14.3 Å². The minimum atomic E-state index is -0.487. The normalized spacial score (nSPS) is 10.1. The fraction of sp³-hybridized carbons (Fsp3) is 0. The molecule has 0 N–H and O–H groups in total. The Morgan fingerprint density at radius 1 is 0.609 bits per heavy atom. The van der Waals surface area contributed by atoms with Gasteiger partial charge in [0.15, 0.2) is 5.78 Å². The first-order valence-electron chi connectivity index (χ1n) is 7.21. The molecule has 0 aliphatic carbocycles. The average Bonchev–Trinajstić information content (AvgIpc) is 2.63. The van der Waals surface area contributed by atoms with Crippen molar-refractivity contribution in [1.82, 2.24) is 0 Å². The lowest BCUT2D eigenvalue weighted by Gasteiger charge is -2.06. The first-order valence-corrected chi connectivity index (χ1v) is 7.21. The van der Waals surface area contributed by atoms with Crippen LogP contribution in [0.4, 0.5) is 0 Å². The Labute approximate surface area is 134 Å². The number of esters is 1. The van der Waals surface area contributed by atoms with Crippen LogP contribution in [0.3, 0.4) is 0 Å². The molecule has 3 heteroatoms. The van der Waals surface area contributed by atoms with Crippen LogP contribution in [0.5, 0.6) is 5.75 Å². The molecule has 0 unspecified atom stereocenters. The molecule has 23 heavy (non-hydrogen) atoms. The van der Waals surface area contributed by atoms with Gasteiger partial charge in [-0.3, -0.25) is 4.79 Å². The van der Waals surface area contributed by atoms with Crippen LogP contribution >= 0.6 is 0 Å². The predicted octanol–water partition coefficient (Wildman–Crippen LogP) is 4.14. The molecule has 3 aromatic carbocycles. The van der Waals surface area contributed by atoms with Crippen molar-refractivity contribution in [1.29, 1.82) is 0 Å². The summed E-state index contributed by atoms with van der Waals surface area (Å²) in [5.41, 5.74) is 1.38. The quantitative estimate of drug-likeness (QED) is 0.413. The third kappa shape index (κ3) is 3.52. The highest BCUT2D eigenvalue weighted by Gasteiger charge is 2.13. The van der Waals surface area contributed by atoms with E-state index in [1.807, 2.05) is 12.1 Å². The summed E-state index contributed by atoms with van der Waals surface area (Å²) < 4.78 is 5.29. The van der Waals surface area contributed by atoms with Crippen molar-refractivity contribution in [3.05, 3.63) is 102 Å². The van der Waals surface area contributed by atoms with Crippen LogP contribution in [-0.2, 0) is 0 Å². The summed E-state index contributed by atoms with van der Waals surface area (Å²) in [5.74, 6) is -0.142. The minimum Gasteiger partial charge on any atom is -0.423 e. The topological polar surface area (TPSA) is 43.4 Å². The Morgan fingerprint density at radius 3 is 1.87 bits per heavy atom. The van der Waals surface area contributed by atoms with Crippen LogP contribution in [0.2, 0.25) is 0 Å². The number of para-hydroxylation sites is 1. The summed E-state index contributed by atoms with van der Waals surface area (Å²) in [6.07, 6.45) is 0. The number of benzene rings is 3. The van der Waals surface area contributed by atoms with Crippen LogP contribution in [0, 0.1) is 0 Å². The number of hydrogen-bond donors (Lipinski definition) is 0. The maximum Gasteiger partial charge on any atom is 0.343 e. The number of hydrogen-bond acceptors (Lipinski definition) is 3. The van der Waals surface area contributed by atoms with E-state index in [-0.39, 0.29) is 5.78 Å². The maximum atomic E-state index is 12.4. The third-order valence-corrected chi connectivity index (χ3v) is 3.35. The van der Waals surface area contributed by atoms with E-state index in [0.29, 0.717) is 22.4 Å². The lowest BCUT2D eigenvalue weighted by atomic mass is 10.0. The number of carbonyl (C=O) groups is 2. The lowest BCUT2D eigenvalue weighted by molar-refractivity contribution is 0.0735. The van der Waals surface area contributed by atoms with Gasteiger partial charge in [0.1, 0.15) is 5.75 Å². The Kier molecular flexibility index (Phi) is 4.29. The van der Waals surface area contributed by atoms with E-state index >= 15 is 0 Å². The largest absolute Gasteiger partial charge is 0.423 e. The zero-order valence-electron chi connectivity index (χ0n) is 12.3. The van der Waals surface area contributed by atoms with E-state index in [0.717, 1.165) is 0 Å². The second-order valence-electron chi connectivity index (χ2n) is 4.98. The molecule has 0 atom stereocenters. The molecule has 0 heterocycles. The molecule has 112 valence electrons. The highest BCUT2D eigenvalue weighted by molar-refractivity contribution is 6.10. The second-order valence-corrected chi connectivity index (χ2v) is 4.98. The van der Waals surface area contributed by atoms with Gasteiger partial charge < -0.3 is 4.74 Å².